The number of hydrogen-bond acceptors (Lipinski definition) is 0. The number of rotatable bonds is 2. The average molecular weight is 168 g/mol. The second-order valence-electron chi connectivity index (χ2n) is 4.91. The van der Waals surface area contributed by atoms with Crippen LogP contribution in [0.3, 0.4) is 0 Å². The van der Waals surface area contributed by atoms with E-state index in [1.807, 2.05) is 0 Å². The standard InChI is InChI=1S/C12H24/c1-4-5-12-8-10(2)6-7-11(3)9-12/h10-12H,4-9H2,1-3H3. The molecule has 0 radical (unpaired) electrons. The topological polar surface area (TPSA) is 0 Å². The minimum absolute atomic E-state index is 0.992. The smallest absolute Gasteiger partial charge is 0.0409 e. The maximum Gasteiger partial charge on any atom is -0.0409 e. The van der Waals surface area contributed by atoms with Gasteiger partial charge in [-0.1, -0.05) is 46.5 Å². The number of hydrogen-bond donors (Lipinski definition) is 0. The van der Waals surface area contributed by atoms with E-state index >= 15 is 0 Å². The molecular weight excluding hydrogens is 144 g/mol. The predicted octanol–water partition coefficient (Wildman–Crippen LogP) is 4.25. The SMILES string of the molecule is CCCC1CC(C)CCC(C)C1. The summed E-state index contributed by atoms with van der Waals surface area (Å²) in [7, 11) is 0. The van der Waals surface area contributed by atoms with Gasteiger partial charge in [-0.25, -0.2) is 0 Å². The van der Waals surface area contributed by atoms with Gasteiger partial charge in [0.25, 0.3) is 0 Å². The summed E-state index contributed by atoms with van der Waals surface area (Å²) in [6.07, 6.45) is 8.79. The van der Waals surface area contributed by atoms with Gasteiger partial charge in [-0.3, -0.25) is 0 Å². The molecule has 1 aliphatic rings. The Labute approximate surface area is 77.7 Å². The maximum absolute atomic E-state index is 2.43. The summed E-state index contributed by atoms with van der Waals surface area (Å²) in [5, 5.41) is 0. The zero-order valence-electron chi connectivity index (χ0n) is 8.97. The van der Waals surface area contributed by atoms with E-state index in [9.17, 15) is 0 Å². The van der Waals surface area contributed by atoms with E-state index in [4.69, 9.17) is 0 Å². The molecule has 0 heteroatoms. The first-order chi connectivity index (χ1) is 5.72. The van der Waals surface area contributed by atoms with Gasteiger partial charge in [-0.15, -0.1) is 0 Å². The molecule has 2 unspecified atom stereocenters. The van der Waals surface area contributed by atoms with Crippen molar-refractivity contribution in [3.8, 4) is 0 Å². The fourth-order valence-electron chi connectivity index (χ4n) is 2.68. The van der Waals surface area contributed by atoms with E-state index in [0.717, 1.165) is 17.8 Å². The fourth-order valence-corrected chi connectivity index (χ4v) is 2.68. The van der Waals surface area contributed by atoms with Crippen molar-refractivity contribution < 1.29 is 0 Å². The molecule has 12 heavy (non-hydrogen) atoms. The van der Waals surface area contributed by atoms with Gasteiger partial charge in [-0.2, -0.15) is 0 Å². The molecule has 72 valence electrons. The molecule has 0 saturated heterocycles. The van der Waals surface area contributed by atoms with Crippen LogP contribution in [0.15, 0.2) is 0 Å². The summed E-state index contributed by atoms with van der Waals surface area (Å²) < 4.78 is 0. The van der Waals surface area contributed by atoms with E-state index in [2.05, 4.69) is 20.8 Å². The highest BCUT2D eigenvalue weighted by Gasteiger charge is 2.20. The lowest BCUT2D eigenvalue weighted by atomic mass is 9.89. The molecule has 1 aliphatic carbocycles. The van der Waals surface area contributed by atoms with Crippen LogP contribution in [0, 0.1) is 17.8 Å². The summed E-state index contributed by atoms with van der Waals surface area (Å²) in [6, 6.07) is 0. The summed E-state index contributed by atoms with van der Waals surface area (Å²) in [5.74, 6) is 3.03. The van der Waals surface area contributed by atoms with E-state index in [1.165, 1.54) is 38.5 Å². The molecule has 0 amide bonds. The first-order valence-electron chi connectivity index (χ1n) is 5.72. The van der Waals surface area contributed by atoms with Gasteiger partial charge in [0.2, 0.25) is 0 Å². The largest absolute Gasteiger partial charge is 0.0654 e. The van der Waals surface area contributed by atoms with Crippen molar-refractivity contribution in [1.29, 1.82) is 0 Å². The van der Waals surface area contributed by atoms with Crippen molar-refractivity contribution in [3.05, 3.63) is 0 Å². The third-order valence-electron chi connectivity index (χ3n) is 3.32. The van der Waals surface area contributed by atoms with Crippen molar-refractivity contribution in [2.75, 3.05) is 0 Å². The van der Waals surface area contributed by atoms with Gasteiger partial charge < -0.3 is 0 Å². The molecule has 0 aliphatic heterocycles. The fraction of sp³-hybridized carbons (Fsp3) is 1.00. The zero-order chi connectivity index (χ0) is 8.97. The van der Waals surface area contributed by atoms with E-state index in [0.29, 0.717) is 0 Å². The second-order valence-corrected chi connectivity index (χ2v) is 4.91. The van der Waals surface area contributed by atoms with Crippen LogP contribution >= 0.6 is 0 Å². The first-order valence-corrected chi connectivity index (χ1v) is 5.72. The Morgan fingerprint density at radius 1 is 1.00 bits per heavy atom. The van der Waals surface area contributed by atoms with Gasteiger partial charge in [-0.05, 0) is 30.6 Å². The molecule has 0 bridgehead atoms. The Balaban J connectivity index is 2.38. The molecule has 0 aromatic heterocycles. The maximum atomic E-state index is 2.43. The van der Waals surface area contributed by atoms with Crippen molar-refractivity contribution in [3.63, 3.8) is 0 Å². The summed E-state index contributed by atoms with van der Waals surface area (Å²) in [5.41, 5.74) is 0. The Bertz CT molecular complexity index is 105. The lowest BCUT2D eigenvalue weighted by Crippen LogP contribution is -2.04. The molecule has 0 aromatic carbocycles. The molecule has 0 nitrogen and oxygen atoms in total. The third kappa shape index (κ3) is 3.16. The lowest BCUT2D eigenvalue weighted by Gasteiger charge is -2.17. The Morgan fingerprint density at radius 2 is 1.50 bits per heavy atom. The van der Waals surface area contributed by atoms with Crippen LogP contribution in [0.4, 0.5) is 0 Å². The molecule has 1 fully saturated rings. The summed E-state index contributed by atoms with van der Waals surface area (Å²) in [6.45, 7) is 7.18. The minimum Gasteiger partial charge on any atom is -0.0654 e. The molecule has 1 saturated carbocycles. The van der Waals surface area contributed by atoms with Crippen molar-refractivity contribution in [2.24, 2.45) is 17.8 Å². The van der Waals surface area contributed by atoms with E-state index < -0.39 is 0 Å². The van der Waals surface area contributed by atoms with E-state index in [1.54, 1.807) is 0 Å². The normalized spacial score (nSPS) is 37.8. The van der Waals surface area contributed by atoms with Crippen LogP contribution in [-0.4, -0.2) is 0 Å². The summed E-state index contributed by atoms with van der Waals surface area (Å²) >= 11 is 0. The van der Waals surface area contributed by atoms with Crippen molar-refractivity contribution >= 4 is 0 Å². The van der Waals surface area contributed by atoms with Gasteiger partial charge in [0.1, 0.15) is 0 Å². The minimum atomic E-state index is 0.992. The van der Waals surface area contributed by atoms with Gasteiger partial charge in [0.15, 0.2) is 0 Å². The molecular formula is C12H24. The van der Waals surface area contributed by atoms with Crippen LogP contribution in [0.1, 0.15) is 59.3 Å². The van der Waals surface area contributed by atoms with Crippen LogP contribution in [0.5, 0.6) is 0 Å². The Hall–Kier alpha value is 0. The third-order valence-corrected chi connectivity index (χ3v) is 3.32. The molecule has 0 heterocycles. The molecule has 1 rings (SSSR count). The highest BCUT2D eigenvalue weighted by atomic mass is 14.3. The molecule has 0 spiro atoms. The second kappa shape index (κ2) is 4.89. The van der Waals surface area contributed by atoms with Crippen LogP contribution < -0.4 is 0 Å². The molecule has 0 aromatic rings. The quantitative estimate of drug-likeness (QED) is 0.541. The first kappa shape index (κ1) is 10.1. The molecule has 2 atom stereocenters. The average Bonchev–Trinajstić information content (AvgIpc) is 2.14. The monoisotopic (exact) mass is 168 g/mol. The highest BCUT2D eigenvalue weighted by molar-refractivity contribution is 4.72. The lowest BCUT2D eigenvalue weighted by molar-refractivity contribution is 0.351. The summed E-state index contributed by atoms with van der Waals surface area (Å²) in [4.78, 5) is 0. The zero-order valence-corrected chi connectivity index (χ0v) is 8.97. The molecule has 0 N–H and O–H groups in total. The van der Waals surface area contributed by atoms with Gasteiger partial charge in [0, 0.05) is 0 Å². The highest BCUT2D eigenvalue weighted by Crippen LogP contribution is 2.33. The Morgan fingerprint density at radius 3 is 1.92 bits per heavy atom. The van der Waals surface area contributed by atoms with Gasteiger partial charge >= 0.3 is 0 Å². The van der Waals surface area contributed by atoms with Crippen LogP contribution in [0.25, 0.3) is 0 Å². The Kier molecular flexibility index (Phi) is 4.11. The van der Waals surface area contributed by atoms with Gasteiger partial charge in [0.05, 0.1) is 0 Å². The van der Waals surface area contributed by atoms with Crippen LogP contribution in [-0.2, 0) is 0 Å². The van der Waals surface area contributed by atoms with Crippen molar-refractivity contribution in [2.45, 2.75) is 59.3 Å². The predicted molar refractivity (Wildman–Crippen MR) is 55.2 cm³/mol. The van der Waals surface area contributed by atoms with Crippen molar-refractivity contribution in [1.82, 2.24) is 0 Å². The van der Waals surface area contributed by atoms with Crippen LogP contribution in [0.2, 0.25) is 0 Å². The van der Waals surface area contributed by atoms with E-state index in [-0.39, 0.29) is 0 Å².